The number of aliphatic hydroxyl groups excluding tert-OH is 1. The van der Waals surface area contributed by atoms with Crippen molar-refractivity contribution < 1.29 is 18.8 Å². The largest absolute Gasteiger partial charge is 0.396 e. The van der Waals surface area contributed by atoms with Gasteiger partial charge in [-0.3, -0.25) is 4.79 Å². The summed E-state index contributed by atoms with van der Waals surface area (Å²) in [6, 6.07) is 0. The summed E-state index contributed by atoms with van der Waals surface area (Å²) in [5.74, 6) is -0.637. The van der Waals surface area contributed by atoms with Crippen LogP contribution in [0, 0.1) is 0 Å². The number of aliphatic hydroxyl groups is 1. The molecule has 6 heteroatoms. The first-order chi connectivity index (χ1) is 12.8. The Morgan fingerprint density at radius 1 is 0.929 bits per heavy atom. The number of rotatable bonds is 11. The van der Waals surface area contributed by atoms with Gasteiger partial charge in [0, 0.05) is 6.61 Å². The number of unbranched alkanes of at least 4 members (excludes halogenated alkanes) is 4. The minimum Gasteiger partial charge on any atom is -0.396 e. The molecule has 0 bridgehead atoms. The van der Waals surface area contributed by atoms with Crippen LogP contribution in [0.1, 0.15) is 86.5 Å². The molecule has 1 aliphatic rings. The Labute approximate surface area is 176 Å². The molecule has 1 N–H and O–H groups in total. The third kappa shape index (κ3) is 8.22. The minimum absolute atomic E-state index is 0.120. The number of hydrogen-bond acceptors (Lipinski definition) is 4. The predicted octanol–water partition coefficient (Wildman–Crippen LogP) is 5.26. The lowest BCUT2D eigenvalue weighted by molar-refractivity contribution is -0.126. The van der Waals surface area contributed by atoms with Crippen LogP contribution in [0.2, 0.25) is 23.2 Å². The zero-order valence-electron chi connectivity index (χ0n) is 19.6. The van der Waals surface area contributed by atoms with Gasteiger partial charge >= 0.3 is 0 Å². The van der Waals surface area contributed by atoms with E-state index in [2.05, 4.69) is 54.6 Å². The lowest BCUT2D eigenvalue weighted by Gasteiger charge is -2.40. The molecular formula is C22H44O4Si2. The quantitative estimate of drug-likeness (QED) is 0.277. The lowest BCUT2D eigenvalue weighted by Crippen LogP contribution is -2.46. The molecule has 0 saturated carbocycles. The Kier molecular flexibility index (Phi) is 9.81. The zero-order chi connectivity index (χ0) is 21.6. The second-order valence-corrected chi connectivity index (χ2v) is 17.1. The molecule has 0 aromatic rings. The topological polar surface area (TPSA) is 55.8 Å². The summed E-state index contributed by atoms with van der Waals surface area (Å²) in [6.07, 6.45) is 8.34. The highest BCUT2D eigenvalue weighted by atomic mass is 28.3. The third-order valence-corrected chi connectivity index (χ3v) is 12.3. The first-order valence-corrected chi connectivity index (χ1v) is 15.4. The fraction of sp³-hybridized carbons (Fsp3) is 0.864. The molecule has 0 spiro atoms. The van der Waals surface area contributed by atoms with E-state index < -0.39 is 23.9 Å². The van der Waals surface area contributed by atoms with Crippen LogP contribution in [0.15, 0.2) is 11.6 Å². The van der Waals surface area contributed by atoms with Gasteiger partial charge in [0.15, 0.2) is 29.7 Å². The average molecular weight is 429 g/mol. The van der Waals surface area contributed by atoms with Crippen LogP contribution in [0.4, 0.5) is 0 Å². The van der Waals surface area contributed by atoms with E-state index in [0.29, 0.717) is 6.42 Å². The number of hydrogen-bond donors (Lipinski definition) is 1. The van der Waals surface area contributed by atoms with E-state index in [-0.39, 0.29) is 22.5 Å². The van der Waals surface area contributed by atoms with Gasteiger partial charge in [-0.15, -0.1) is 0 Å². The van der Waals surface area contributed by atoms with Gasteiger partial charge in [0.2, 0.25) is 0 Å². The molecular weight excluding hydrogens is 384 g/mol. The summed E-state index contributed by atoms with van der Waals surface area (Å²) in [7, 11) is -3.10. The molecule has 0 aromatic heterocycles. The van der Waals surface area contributed by atoms with Crippen molar-refractivity contribution in [1.82, 2.24) is 0 Å². The Morgan fingerprint density at radius 3 is 1.86 bits per heavy atom. The molecule has 2 unspecified atom stereocenters. The zero-order valence-corrected chi connectivity index (χ0v) is 21.9. The van der Waals surface area contributed by atoms with Crippen molar-refractivity contribution in [3.05, 3.63) is 11.6 Å². The van der Waals surface area contributed by atoms with E-state index in [4.69, 9.17) is 14.0 Å². The fourth-order valence-electron chi connectivity index (χ4n) is 3.03. The standard InChI is InChI=1S/C22H44O4Si2/c1-20(2,3)27(7)25-22(26-28(8)21(4,5)6)16-18(19(24)17-22)14-12-10-9-11-13-15-23/h16,23,27-28H,9-15,17H2,1-8H3. The van der Waals surface area contributed by atoms with Crippen molar-refractivity contribution in [2.75, 3.05) is 6.61 Å². The van der Waals surface area contributed by atoms with E-state index in [1.165, 1.54) is 0 Å². The smallest absolute Gasteiger partial charge is 0.183 e. The van der Waals surface area contributed by atoms with Gasteiger partial charge in [0.05, 0.1) is 6.42 Å². The highest BCUT2D eigenvalue weighted by Gasteiger charge is 2.45. The van der Waals surface area contributed by atoms with Crippen LogP contribution >= 0.6 is 0 Å². The van der Waals surface area contributed by atoms with Crippen molar-refractivity contribution in [2.24, 2.45) is 0 Å². The SMILES string of the molecule is C[SiH](OC1(O[SiH](C)C(C)(C)C)C=C(CCCCCCCO)C(=O)C1)C(C)(C)C. The maximum absolute atomic E-state index is 12.8. The van der Waals surface area contributed by atoms with E-state index in [9.17, 15) is 4.79 Å². The summed E-state index contributed by atoms with van der Waals surface area (Å²) in [4.78, 5) is 12.8. The summed E-state index contributed by atoms with van der Waals surface area (Å²) in [5.41, 5.74) is 0.896. The van der Waals surface area contributed by atoms with Crippen molar-refractivity contribution in [1.29, 1.82) is 0 Å². The highest BCUT2D eigenvalue weighted by molar-refractivity contribution is 6.55. The number of ketones is 1. The molecule has 2 atom stereocenters. The van der Waals surface area contributed by atoms with Crippen molar-refractivity contribution in [2.45, 2.75) is 115 Å². The van der Waals surface area contributed by atoms with Gasteiger partial charge in [-0.25, -0.2) is 0 Å². The van der Waals surface area contributed by atoms with Crippen LogP contribution in [-0.2, 0) is 13.6 Å². The summed E-state index contributed by atoms with van der Waals surface area (Å²) in [5, 5.41) is 9.11. The van der Waals surface area contributed by atoms with Gasteiger partial charge in [-0.1, -0.05) is 60.8 Å². The van der Waals surface area contributed by atoms with Crippen molar-refractivity contribution in [3.8, 4) is 0 Å². The molecule has 0 amide bonds. The number of carbonyl (C=O) groups excluding carboxylic acids is 1. The average Bonchev–Trinajstić information content (AvgIpc) is 2.84. The molecule has 1 rings (SSSR count). The summed E-state index contributed by atoms with van der Waals surface area (Å²) in [6.45, 7) is 18.0. The normalized spacial score (nSPS) is 23.0. The van der Waals surface area contributed by atoms with E-state index in [1.54, 1.807) is 0 Å². The molecule has 0 heterocycles. The molecule has 0 aliphatic heterocycles. The van der Waals surface area contributed by atoms with Crippen molar-refractivity contribution in [3.63, 3.8) is 0 Å². The van der Waals surface area contributed by atoms with E-state index >= 15 is 0 Å². The number of allylic oxidation sites excluding steroid dienone is 1. The summed E-state index contributed by atoms with van der Waals surface area (Å²) >= 11 is 0. The van der Waals surface area contributed by atoms with Gasteiger partial charge in [0.25, 0.3) is 0 Å². The number of carbonyl (C=O) groups is 1. The highest BCUT2D eigenvalue weighted by Crippen LogP contribution is 2.40. The molecule has 0 saturated heterocycles. The van der Waals surface area contributed by atoms with Gasteiger partial charge in [-0.05, 0) is 54.1 Å². The van der Waals surface area contributed by atoms with Crippen LogP contribution in [0.25, 0.3) is 0 Å². The Hall–Kier alpha value is -0.276. The fourth-order valence-corrected chi connectivity index (χ4v) is 5.46. The molecule has 1 aliphatic carbocycles. The van der Waals surface area contributed by atoms with E-state index in [0.717, 1.165) is 44.1 Å². The van der Waals surface area contributed by atoms with Gasteiger partial charge in [0.1, 0.15) is 0 Å². The molecule has 164 valence electrons. The second kappa shape index (κ2) is 10.7. The maximum Gasteiger partial charge on any atom is 0.183 e. The van der Waals surface area contributed by atoms with Crippen LogP contribution in [-0.4, -0.2) is 41.4 Å². The predicted molar refractivity (Wildman–Crippen MR) is 123 cm³/mol. The maximum atomic E-state index is 12.8. The second-order valence-electron chi connectivity index (χ2n) is 10.6. The summed E-state index contributed by atoms with van der Waals surface area (Å²) < 4.78 is 13.2. The monoisotopic (exact) mass is 428 g/mol. The molecule has 0 fully saturated rings. The molecule has 28 heavy (non-hydrogen) atoms. The number of Topliss-reactive ketones (excluding diaryl/α,β-unsaturated/α-hetero) is 1. The minimum atomic E-state index is -1.55. The first kappa shape index (κ1) is 25.8. The lowest BCUT2D eigenvalue weighted by atomic mass is 10.0. The van der Waals surface area contributed by atoms with Crippen LogP contribution in [0.3, 0.4) is 0 Å². The van der Waals surface area contributed by atoms with E-state index in [1.807, 2.05) is 6.08 Å². The van der Waals surface area contributed by atoms with Gasteiger partial charge in [-0.2, -0.15) is 0 Å². The Bertz CT molecular complexity index is 510. The first-order valence-electron chi connectivity index (χ1n) is 11.0. The van der Waals surface area contributed by atoms with Crippen LogP contribution < -0.4 is 0 Å². The molecule has 0 radical (unpaired) electrons. The Balaban J connectivity index is 2.89. The van der Waals surface area contributed by atoms with Crippen molar-refractivity contribution >= 4 is 23.9 Å². The third-order valence-electron chi connectivity index (χ3n) is 5.96. The van der Waals surface area contributed by atoms with Gasteiger partial charge < -0.3 is 14.0 Å². The van der Waals surface area contributed by atoms with Crippen LogP contribution in [0.5, 0.6) is 0 Å². The molecule has 4 nitrogen and oxygen atoms in total. The molecule has 0 aromatic carbocycles. The Morgan fingerprint density at radius 2 is 1.39 bits per heavy atom.